The van der Waals surface area contributed by atoms with Gasteiger partial charge in [-0.15, -0.1) is 0 Å². The zero-order chi connectivity index (χ0) is 12.5. The van der Waals surface area contributed by atoms with Crippen LogP contribution in [-0.4, -0.2) is 9.38 Å². The number of nitriles is 1. The Morgan fingerprint density at radius 3 is 2.83 bits per heavy atom. The predicted molar refractivity (Wildman–Crippen MR) is 70.4 cm³/mol. The lowest BCUT2D eigenvalue weighted by atomic mass is 10.2. The topological polar surface area (TPSA) is 41.1 Å². The third-order valence-corrected chi connectivity index (χ3v) is 3.20. The van der Waals surface area contributed by atoms with Crippen molar-refractivity contribution in [2.75, 3.05) is 0 Å². The van der Waals surface area contributed by atoms with Crippen molar-refractivity contribution in [3.05, 3.63) is 59.5 Å². The fraction of sp³-hybridized carbons (Fsp3) is 0. The summed E-state index contributed by atoms with van der Waals surface area (Å²) in [6.45, 7) is 0. The van der Waals surface area contributed by atoms with Crippen molar-refractivity contribution in [2.24, 2.45) is 0 Å². The Kier molecular flexibility index (Phi) is 2.51. The highest BCUT2D eigenvalue weighted by molar-refractivity contribution is 6.35. The monoisotopic (exact) mass is 253 g/mol. The van der Waals surface area contributed by atoms with Crippen LogP contribution in [0.15, 0.2) is 48.9 Å². The van der Waals surface area contributed by atoms with Gasteiger partial charge in [0.1, 0.15) is 6.07 Å². The van der Waals surface area contributed by atoms with Crippen LogP contribution in [0.3, 0.4) is 0 Å². The molecule has 3 aromatic rings. The van der Waals surface area contributed by atoms with Crippen LogP contribution in [0.2, 0.25) is 5.02 Å². The molecule has 0 radical (unpaired) electrons. The van der Waals surface area contributed by atoms with Crippen LogP contribution in [0.4, 0.5) is 0 Å². The van der Waals surface area contributed by atoms with Crippen molar-refractivity contribution in [3.63, 3.8) is 0 Å². The summed E-state index contributed by atoms with van der Waals surface area (Å²) in [5.74, 6) is 0. The molecule has 4 heteroatoms. The molecule has 0 spiro atoms. The summed E-state index contributed by atoms with van der Waals surface area (Å²) in [6, 6.07) is 11.6. The first-order chi connectivity index (χ1) is 8.83. The van der Waals surface area contributed by atoms with E-state index in [1.807, 2.05) is 40.9 Å². The molecule has 0 aliphatic rings. The molecule has 3 rings (SSSR count). The van der Waals surface area contributed by atoms with Gasteiger partial charge in [-0.1, -0.05) is 17.7 Å². The lowest BCUT2D eigenvalue weighted by Gasteiger charge is -2.02. The lowest BCUT2D eigenvalue weighted by Crippen LogP contribution is -1.87. The Balaban J connectivity index is 2.44. The molecule has 0 aromatic carbocycles. The quantitative estimate of drug-likeness (QED) is 0.666. The minimum atomic E-state index is 0.469. The molecule has 0 saturated carbocycles. The van der Waals surface area contributed by atoms with Crippen molar-refractivity contribution < 1.29 is 0 Å². The van der Waals surface area contributed by atoms with E-state index < -0.39 is 0 Å². The lowest BCUT2D eigenvalue weighted by molar-refractivity contribution is 1.19. The molecule has 0 aliphatic heterocycles. The van der Waals surface area contributed by atoms with Crippen molar-refractivity contribution in [1.29, 1.82) is 5.26 Å². The molecule has 0 bridgehead atoms. The van der Waals surface area contributed by atoms with Gasteiger partial charge in [0.05, 0.1) is 21.8 Å². The second-order valence-corrected chi connectivity index (χ2v) is 4.22. The predicted octanol–water partition coefficient (Wildman–Crippen LogP) is 3.53. The van der Waals surface area contributed by atoms with Crippen LogP contribution in [0.5, 0.6) is 0 Å². The molecule has 0 fully saturated rings. The van der Waals surface area contributed by atoms with Gasteiger partial charge in [-0.2, -0.15) is 5.26 Å². The van der Waals surface area contributed by atoms with Gasteiger partial charge in [0.15, 0.2) is 0 Å². The number of pyridine rings is 2. The number of nitrogens with zero attached hydrogens (tertiary/aromatic N) is 3. The molecule has 0 aliphatic carbocycles. The highest BCUT2D eigenvalue weighted by Gasteiger charge is 2.17. The van der Waals surface area contributed by atoms with Crippen LogP contribution < -0.4 is 0 Å². The van der Waals surface area contributed by atoms with E-state index >= 15 is 0 Å². The minimum Gasteiger partial charge on any atom is -0.314 e. The Morgan fingerprint density at radius 1 is 1.22 bits per heavy atom. The van der Waals surface area contributed by atoms with E-state index in [-0.39, 0.29) is 0 Å². The minimum absolute atomic E-state index is 0.469. The van der Waals surface area contributed by atoms with Crippen LogP contribution in [0, 0.1) is 11.3 Å². The fourth-order valence-electron chi connectivity index (χ4n) is 2.05. The van der Waals surface area contributed by atoms with Gasteiger partial charge in [0.25, 0.3) is 0 Å². The Hall–Kier alpha value is -2.31. The van der Waals surface area contributed by atoms with Crippen LogP contribution in [0.25, 0.3) is 16.8 Å². The summed E-state index contributed by atoms with van der Waals surface area (Å²) in [6.07, 6.45) is 5.34. The Bertz CT molecular complexity index is 754. The van der Waals surface area contributed by atoms with E-state index in [0.29, 0.717) is 10.6 Å². The normalized spacial score (nSPS) is 10.4. The van der Waals surface area contributed by atoms with Crippen LogP contribution in [0.1, 0.15) is 5.56 Å². The van der Waals surface area contributed by atoms with Gasteiger partial charge >= 0.3 is 0 Å². The fourth-order valence-corrected chi connectivity index (χ4v) is 2.39. The second kappa shape index (κ2) is 4.17. The zero-order valence-corrected chi connectivity index (χ0v) is 10.1. The SMILES string of the molecule is N#Cc1c(Cl)c(-c2cccnc2)n2ccccc12. The first kappa shape index (κ1) is 10.8. The van der Waals surface area contributed by atoms with E-state index in [9.17, 15) is 5.26 Å². The van der Waals surface area contributed by atoms with E-state index in [4.69, 9.17) is 11.6 Å². The van der Waals surface area contributed by atoms with Gasteiger partial charge in [0.2, 0.25) is 0 Å². The Labute approximate surface area is 109 Å². The Morgan fingerprint density at radius 2 is 2.11 bits per heavy atom. The average Bonchev–Trinajstić information content (AvgIpc) is 2.71. The molecule has 86 valence electrons. The molecule has 0 amide bonds. The third-order valence-electron chi connectivity index (χ3n) is 2.83. The highest BCUT2D eigenvalue weighted by atomic mass is 35.5. The molecule has 0 unspecified atom stereocenters. The van der Waals surface area contributed by atoms with Gasteiger partial charge in [0, 0.05) is 24.2 Å². The molecule has 3 aromatic heterocycles. The summed E-state index contributed by atoms with van der Waals surface area (Å²) < 4.78 is 1.91. The van der Waals surface area contributed by atoms with E-state index in [2.05, 4.69) is 11.1 Å². The molecule has 18 heavy (non-hydrogen) atoms. The summed E-state index contributed by atoms with van der Waals surface area (Å²) in [5.41, 5.74) is 3.00. The van der Waals surface area contributed by atoms with Crippen molar-refractivity contribution in [1.82, 2.24) is 9.38 Å². The molecule has 0 saturated heterocycles. The van der Waals surface area contributed by atoms with Crippen LogP contribution in [-0.2, 0) is 0 Å². The molecule has 0 N–H and O–H groups in total. The zero-order valence-electron chi connectivity index (χ0n) is 9.34. The first-order valence-corrected chi connectivity index (χ1v) is 5.80. The number of halogens is 1. The number of fused-ring (bicyclic) bond motifs is 1. The summed E-state index contributed by atoms with van der Waals surface area (Å²) >= 11 is 6.32. The number of hydrogen-bond acceptors (Lipinski definition) is 2. The van der Waals surface area contributed by atoms with Gasteiger partial charge in [-0.25, -0.2) is 0 Å². The number of rotatable bonds is 1. The van der Waals surface area contributed by atoms with E-state index in [0.717, 1.165) is 16.8 Å². The summed E-state index contributed by atoms with van der Waals surface area (Å²) in [7, 11) is 0. The van der Waals surface area contributed by atoms with E-state index in [1.165, 1.54) is 0 Å². The summed E-state index contributed by atoms with van der Waals surface area (Å²) in [5, 5.41) is 9.68. The smallest absolute Gasteiger partial charge is 0.103 e. The maximum atomic E-state index is 9.21. The van der Waals surface area contributed by atoms with Crippen molar-refractivity contribution >= 4 is 17.1 Å². The molecule has 0 atom stereocenters. The largest absolute Gasteiger partial charge is 0.314 e. The number of aromatic nitrogens is 2. The maximum absolute atomic E-state index is 9.21. The van der Waals surface area contributed by atoms with Crippen molar-refractivity contribution in [3.8, 4) is 17.3 Å². The molecule has 3 heterocycles. The van der Waals surface area contributed by atoms with Gasteiger partial charge < -0.3 is 4.40 Å². The standard InChI is InChI=1S/C14H8ClN3/c15-13-11(8-16)12-5-1-2-7-18(12)14(13)10-4-3-6-17-9-10/h1-7,9H. The van der Waals surface area contributed by atoms with E-state index in [1.54, 1.807) is 12.4 Å². The summed E-state index contributed by atoms with van der Waals surface area (Å²) in [4.78, 5) is 4.09. The van der Waals surface area contributed by atoms with Gasteiger partial charge in [-0.3, -0.25) is 4.98 Å². The number of hydrogen-bond donors (Lipinski definition) is 0. The molecular formula is C14H8ClN3. The first-order valence-electron chi connectivity index (χ1n) is 5.42. The maximum Gasteiger partial charge on any atom is 0.103 e. The molecule has 3 nitrogen and oxygen atoms in total. The van der Waals surface area contributed by atoms with Gasteiger partial charge in [-0.05, 0) is 24.3 Å². The average molecular weight is 254 g/mol. The highest BCUT2D eigenvalue weighted by Crippen LogP contribution is 2.34. The second-order valence-electron chi connectivity index (χ2n) is 3.85. The van der Waals surface area contributed by atoms with Crippen LogP contribution >= 0.6 is 11.6 Å². The molecular weight excluding hydrogens is 246 g/mol. The third kappa shape index (κ3) is 1.47. The van der Waals surface area contributed by atoms with Crippen molar-refractivity contribution in [2.45, 2.75) is 0 Å².